The minimum atomic E-state index is -0.0868. The molecule has 0 saturated heterocycles. The summed E-state index contributed by atoms with van der Waals surface area (Å²) in [5, 5.41) is 8.28. The molecule has 3 aromatic rings. The second kappa shape index (κ2) is 6.12. The predicted octanol–water partition coefficient (Wildman–Crippen LogP) is 2.77. The molecule has 1 aliphatic rings. The standard InChI is InChI=1S/C19H20N4O2/c1-20-19(24)23-8-9-25-18-7-6-13(10-14(18)11-23)15-4-3-5-17-16(15)12-22(2)21-17/h3-7,10,12H,8-9,11H2,1-2H3,(H,20,24). The van der Waals surface area contributed by atoms with Gasteiger partial charge in [0.15, 0.2) is 0 Å². The van der Waals surface area contributed by atoms with E-state index >= 15 is 0 Å². The summed E-state index contributed by atoms with van der Waals surface area (Å²) < 4.78 is 7.65. The lowest BCUT2D eigenvalue weighted by atomic mass is 9.99. The van der Waals surface area contributed by atoms with E-state index in [2.05, 4.69) is 28.6 Å². The molecule has 0 atom stereocenters. The van der Waals surface area contributed by atoms with Gasteiger partial charge < -0.3 is 15.0 Å². The maximum Gasteiger partial charge on any atom is 0.317 e. The second-order valence-electron chi connectivity index (χ2n) is 6.19. The number of aryl methyl sites for hydroxylation is 1. The molecule has 2 aromatic carbocycles. The van der Waals surface area contributed by atoms with Crippen LogP contribution in [0.2, 0.25) is 0 Å². The number of aromatic nitrogens is 2. The van der Waals surface area contributed by atoms with Gasteiger partial charge in [0.1, 0.15) is 12.4 Å². The number of amides is 2. The fraction of sp³-hybridized carbons (Fsp3) is 0.263. The Morgan fingerprint density at radius 2 is 2.16 bits per heavy atom. The number of urea groups is 1. The molecule has 6 nitrogen and oxygen atoms in total. The molecule has 0 fully saturated rings. The van der Waals surface area contributed by atoms with Crippen molar-refractivity contribution in [1.82, 2.24) is 20.0 Å². The normalized spacial score (nSPS) is 13.9. The van der Waals surface area contributed by atoms with E-state index in [9.17, 15) is 4.79 Å². The van der Waals surface area contributed by atoms with Crippen molar-refractivity contribution in [2.75, 3.05) is 20.2 Å². The first-order valence-electron chi connectivity index (χ1n) is 8.31. The number of ether oxygens (including phenoxy) is 1. The van der Waals surface area contributed by atoms with E-state index < -0.39 is 0 Å². The van der Waals surface area contributed by atoms with Crippen molar-refractivity contribution in [2.24, 2.45) is 7.05 Å². The van der Waals surface area contributed by atoms with Gasteiger partial charge in [-0.3, -0.25) is 4.68 Å². The summed E-state index contributed by atoms with van der Waals surface area (Å²) in [5.74, 6) is 0.841. The summed E-state index contributed by atoms with van der Waals surface area (Å²) in [6.07, 6.45) is 2.03. The zero-order valence-electron chi connectivity index (χ0n) is 14.3. The van der Waals surface area contributed by atoms with E-state index in [1.54, 1.807) is 11.9 Å². The van der Waals surface area contributed by atoms with E-state index in [4.69, 9.17) is 4.74 Å². The van der Waals surface area contributed by atoms with Crippen molar-refractivity contribution in [3.8, 4) is 16.9 Å². The molecule has 6 heteroatoms. The van der Waals surface area contributed by atoms with Gasteiger partial charge in [0.25, 0.3) is 0 Å². The van der Waals surface area contributed by atoms with Gasteiger partial charge in [-0.15, -0.1) is 0 Å². The van der Waals surface area contributed by atoms with E-state index in [1.807, 2.05) is 36.1 Å². The minimum Gasteiger partial charge on any atom is -0.491 e. The van der Waals surface area contributed by atoms with E-state index in [-0.39, 0.29) is 6.03 Å². The summed E-state index contributed by atoms with van der Waals surface area (Å²) >= 11 is 0. The molecule has 2 amide bonds. The number of rotatable bonds is 1. The van der Waals surface area contributed by atoms with Crippen molar-refractivity contribution in [3.63, 3.8) is 0 Å². The smallest absolute Gasteiger partial charge is 0.317 e. The minimum absolute atomic E-state index is 0.0868. The number of benzene rings is 2. The Balaban J connectivity index is 1.77. The van der Waals surface area contributed by atoms with E-state index in [0.717, 1.165) is 33.3 Å². The van der Waals surface area contributed by atoms with Gasteiger partial charge in [-0.1, -0.05) is 18.2 Å². The average Bonchev–Trinajstić information content (AvgIpc) is 2.87. The number of carbonyl (C=O) groups is 1. The van der Waals surface area contributed by atoms with Crippen LogP contribution in [0.5, 0.6) is 5.75 Å². The highest BCUT2D eigenvalue weighted by molar-refractivity contribution is 5.94. The summed E-state index contributed by atoms with van der Waals surface area (Å²) in [6.45, 7) is 1.60. The predicted molar refractivity (Wildman–Crippen MR) is 96.5 cm³/mol. The van der Waals surface area contributed by atoms with Gasteiger partial charge in [-0.2, -0.15) is 5.10 Å². The highest BCUT2D eigenvalue weighted by Gasteiger charge is 2.20. The Bertz CT molecular complexity index is 948. The molecule has 128 valence electrons. The van der Waals surface area contributed by atoms with Crippen LogP contribution >= 0.6 is 0 Å². The van der Waals surface area contributed by atoms with Gasteiger partial charge in [0.05, 0.1) is 18.6 Å². The van der Waals surface area contributed by atoms with Gasteiger partial charge >= 0.3 is 6.03 Å². The molecule has 0 aliphatic carbocycles. The average molecular weight is 336 g/mol. The zero-order chi connectivity index (χ0) is 17.4. The Morgan fingerprint density at radius 3 is 3.00 bits per heavy atom. The third-order valence-corrected chi connectivity index (χ3v) is 4.52. The van der Waals surface area contributed by atoms with Crippen molar-refractivity contribution in [2.45, 2.75) is 6.54 Å². The largest absolute Gasteiger partial charge is 0.491 e. The van der Waals surface area contributed by atoms with Gasteiger partial charge in [-0.25, -0.2) is 4.79 Å². The zero-order valence-corrected chi connectivity index (χ0v) is 14.3. The number of fused-ring (bicyclic) bond motifs is 2. The molecular formula is C19H20N4O2. The maximum atomic E-state index is 12.0. The lowest BCUT2D eigenvalue weighted by Gasteiger charge is -2.19. The van der Waals surface area contributed by atoms with Crippen molar-refractivity contribution in [3.05, 3.63) is 48.2 Å². The second-order valence-corrected chi connectivity index (χ2v) is 6.19. The molecule has 0 saturated carbocycles. The summed E-state index contributed by atoms with van der Waals surface area (Å²) in [6, 6.07) is 12.2. The van der Waals surface area contributed by atoms with Crippen LogP contribution in [0.4, 0.5) is 4.79 Å². The highest BCUT2D eigenvalue weighted by atomic mass is 16.5. The van der Waals surface area contributed by atoms with Crippen molar-refractivity contribution >= 4 is 16.9 Å². The molecule has 4 rings (SSSR count). The monoisotopic (exact) mass is 336 g/mol. The molecule has 1 N–H and O–H groups in total. The molecule has 1 aromatic heterocycles. The van der Waals surface area contributed by atoms with Crippen LogP contribution in [0.15, 0.2) is 42.6 Å². The van der Waals surface area contributed by atoms with Crippen molar-refractivity contribution in [1.29, 1.82) is 0 Å². The number of nitrogens with one attached hydrogen (secondary N) is 1. The van der Waals surface area contributed by atoms with Crippen LogP contribution < -0.4 is 10.1 Å². The number of hydrogen-bond donors (Lipinski definition) is 1. The first kappa shape index (κ1) is 15.5. The molecule has 1 aliphatic heterocycles. The van der Waals surface area contributed by atoms with E-state index in [1.165, 1.54) is 0 Å². The van der Waals surface area contributed by atoms with Crippen LogP contribution in [0.1, 0.15) is 5.56 Å². The van der Waals surface area contributed by atoms with Gasteiger partial charge in [0, 0.05) is 31.2 Å². The quantitative estimate of drug-likeness (QED) is 0.743. The summed E-state index contributed by atoms with van der Waals surface area (Å²) in [7, 11) is 3.57. The fourth-order valence-corrected chi connectivity index (χ4v) is 3.31. The van der Waals surface area contributed by atoms with Crippen molar-refractivity contribution < 1.29 is 9.53 Å². The van der Waals surface area contributed by atoms with Gasteiger partial charge in [0.2, 0.25) is 0 Å². The summed E-state index contributed by atoms with van der Waals surface area (Å²) in [4.78, 5) is 13.8. The lowest BCUT2D eigenvalue weighted by molar-refractivity contribution is 0.190. The molecule has 0 bridgehead atoms. The third-order valence-electron chi connectivity index (χ3n) is 4.52. The van der Waals surface area contributed by atoms with Crippen LogP contribution in [-0.2, 0) is 13.6 Å². The fourth-order valence-electron chi connectivity index (χ4n) is 3.31. The van der Waals surface area contributed by atoms with Crippen LogP contribution in [0.3, 0.4) is 0 Å². The first-order chi connectivity index (χ1) is 12.2. The molecule has 25 heavy (non-hydrogen) atoms. The number of hydrogen-bond acceptors (Lipinski definition) is 3. The topological polar surface area (TPSA) is 59.4 Å². The lowest BCUT2D eigenvalue weighted by Crippen LogP contribution is -2.38. The Morgan fingerprint density at radius 1 is 1.28 bits per heavy atom. The molecule has 0 unspecified atom stereocenters. The molecule has 0 spiro atoms. The first-order valence-corrected chi connectivity index (χ1v) is 8.31. The molecule has 0 radical (unpaired) electrons. The highest BCUT2D eigenvalue weighted by Crippen LogP contribution is 2.32. The van der Waals surface area contributed by atoms with Crippen LogP contribution in [0, 0.1) is 0 Å². The Labute approximate surface area is 146 Å². The SMILES string of the molecule is CNC(=O)N1CCOc2ccc(-c3cccc4nn(C)cc34)cc2C1. The maximum absolute atomic E-state index is 12.0. The Kier molecular flexibility index (Phi) is 3.80. The molecular weight excluding hydrogens is 316 g/mol. The molecule has 2 heterocycles. The number of nitrogens with zero attached hydrogens (tertiary/aromatic N) is 3. The van der Waals surface area contributed by atoms with Crippen LogP contribution in [-0.4, -0.2) is 40.9 Å². The van der Waals surface area contributed by atoms with E-state index in [0.29, 0.717) is 19.7 Å². The van der Waals surface area contributed by atoms with Gasteiger partial charge in [-0.05, 0) is 29.3 Å². The van der Waals surface area contributed by atoms with Crippen LogP contribution in [0.25, 0.3) is 22.0 Å². The Hall–Kier alpha value is -3.02. The summed E-state index contributed by atoms with van der Waals surface area (Å²) in [5.41, 5.74) is 4.21. The third kappa shape index (κ3) is 2.80. The number of carbonyl (C=O) groups excluding carboxylic acids is 1.